The highest BCUT2D eigenvalue weighted by Gasteiger charge is 2.11. The molecule has 0 saturated heterocycles. The predicted octanol–water partition coefficient (Wildman–Crippen LogP) is 2.59. The van der Waals surface area contributed by atoms with Crippen molar-refractivity contribution in [1.82, 2.24) is 4.98 Å². The fraction of sp³-hybridized carbons (Fsp3) is 0. The summed E-state index contributed by atoms with van der Waals surface area (Å²) in [7, 11) is 0. The number of hydrogen-bond donors (Lipinski definition) is 1. The molecule has 0 unspecified atom stereocenters. The first-order valence-electron chi connectivity index (χ1n) is 4.07. The van der Waals surface area contributed by atoms with Gasteiger partial charge in [0.2, 0.25) is 0 Å². The number of halogens is 2. The molecule has 15 heavy (non-hydrogen) atoms. The molecule has 0 bridgehead atoms. The van der Waals surface area contributed by atoms with Crippen molar-refractivity contribution in [2.45, 2.75) is 0 Å². The fourth-order valence-electron chi connectivity index (χ4n) is 1.35. The van der Waals surface area contributed by atoms with Crippen LogP contribution in [0.25, 0.3) is 10.9 Å². The Labute approximate surface area is 93.5 Å². The number of aromatic nitrogens is 1. The van der Waals surface area contributed by atoms with E-state index in [1.807, 2.05) is 6.07 Å². The van der Waals surface area contributed by atoms with Gasteiger partial charge in [0, 0.05) is 10.7 Å². The maximum absolute atomic E-state index is 13.5. The Bertz CT molecular complexity index is 589. The van der Waals surface area contributed by atoms with Crippen LogP contribution in [-0.4, -0.2) is 4.98 Å². The Hall–Kier alpha value is -1.67. The summed E-state index contributed by atoms with van der Waals surface area (Å²) in [5, 5.41) is 8.92. The third kappa shape index (κ3) is 1.43. The van der Waals surface area contributed by atoms with E-state index >= 15 is 0 Å². The molecule has 2 aromatic rings. The molecule has 5 heteroatoms. The van der Waals surface area contributed by atoms with Gasteiger partial charge in [0.15, 0.2) is 0 Å². The first-order valence-corrected chi connectivity index (χ1v) is 4.86. The monoisotopic (exact) mass is 265 g/mol. The van der Waals surface area contributed by atoms with Crippen molar-refractivity contribution in [2.75, 3.05) is 5.73 Å². The molecule has 3 nitrogen and oxygen atoms in total. The molecule has 0 fully saturated rings. The molecule has 74 valence electrons. The van der Waals surface area contributed by atoms with Gasteiger partial charge in [-0.1, -0.05) is 0 Å². The second-order valence-electron chi connectivity index (χ2n) is 2.95. The maximum Gasteiger partial charge on any atom is 0.134 e. The number of rotatable bonds is 0. The number of anilines is 1. The van der Waals surface area contributed by atoms with E-state index in [1.165, 1.54) is 12.3 Å². The van der Waals surface area contributed by atoms with Gasteiger partial charge in [0.25, 0.3) is 0 Å². The van der Waals surface area contributed by atoms with Crippen molar-refractivity contribution in [3.63, 3.8) is 0 Å². The molecule has 0 atom stereocenters. The molecule has 1 heterocycles. The number of nitrogen functional groups attached to an aromatic ring is 1. The van der Waals surface area contributed by atoms with E-state index in [0.29, 0.717) is 9.99 Å². The van der Waals surface area contributed by atoms with Crippen LogP contribution in [0.5, 0.6) is 0 Å². The standard InChI is InChI=1S/C10H5BrFN3/c11-6-1-2-7(12)8-9(14)5(3-13)4-15-10(6)8/h1-2,4H,(H2,14,15). The predicted molar refractivity (Wildman–Crippen MR) is 58.5 cm³/mol. The Morgan fingerprint density at radius 3 is 2.87 bits per heavy atom. The number of nitriles is 1. The van der Waals surface area contributed by atoms with Crippen molar-refractivity contribution >= 4 is 32.5 Å². The highest BCUT2D eigenvalue weighted by Crippen LogP contribution is 2.30. The lowest BCUT2D eigenvalue weighted by Gasteiger charge is -2.05. The van der Waals surface area contributed by atoms with E-state index in [-0.39, 0.29) is 16.6 Å². The van der Waals surface area contributed by atoms with Crippen molar-refractivity contribution in [3.8, 4) is 6.07 Å². The summed E-state index contributed by atoms with van der Waals surface area (Å²) in [4.78, 5) is 3.98. The van der Waals surface area contributed by atoms with Crippen LogP contribution in [0.1, 0.15) is 5.56 Å². The van der Waals surface area contributed by atoms with Gasteiger partial charge in [-0.3, -0.25) is 4.98 Å². The molecule has 2 rings (SSSR count). The fourth-order valence-corrected chi connectivity index (χ4v) is 1.78. The van der Waals surface area contributed by atoms with Crippen LogP contribution in [0.15, 0.2) is 22.8 Å². The molecule has 1 aromatic carbocycles. The second kappa shape index (κ2) is 3.48. The lowest BCUT2D eigenvalue weighted by molar-refractivity contribution is 0.639. The topological polar surface area (TPSA) is 62.7 Å². The van der Waals surface area contributed by atoms with Crippen LogP contribution in [0, 0.1) is 17.1 Å². The summed E-state index contributed by atoms with van der Waals surface area (Å²) in [5.74, 6) is -0.477. The van der Waals surface area contributed by atoms with Crippen LogP contribution < -0.4 is 5.73 Å². The largest absolute Gasteiger partial charge is 0.397 e. The molecular formula is C10H5BrFN3. The summed E-state index contributed by atoms with van der Waals surface area (Å²) < 4.78 is 14.1. The van der Waals surface area contributed by atoms with Gasteiger partial charge in [-0.05, 0) is 28.1 Å². The van der Waals surface area contributed by atoms with Crippen LogP contribution in [-0.2, 0) is 0 Å². The minimum Gasteiger partial charge on any atom is -0.397 e. The maximum atomic E-state index is 13.5. The molecule has 2 N–H and O–H groups in total. The minimum absolute atomic E-state index is 0.126. The number of hydrogen-bond acceptors (Lipinski definition) is 3. The van der Waals surface area contributed by atoms with Gasteiger partial charge in [-0.25, -0.2) is 4.39 Å². The molecule has 0 aliphatic heterocycles. The molecule has 0 radical (unpaired) electrons. The average Bonchev–Trinajstić information content (AvgIpc) is 2.23. The van der Waals surface area contributed by atoms with Crippen LogP contribution in [0.2, 0.25) is 0 Å². The van der Waals surface area contributed by atoms with Crippen molar-refractivity contribution in [2.24, 2.45) is 0 Å². The van der Waals surface area contributed by atoms with E-state index in [9.17, 15) is 4.39 Å². The number of benzene rings is 1. The van der Waals surface area contributed by atoms with Crippen molar-refractivity contribution < 1.29 is 4.39 Å². The normalized spacial score (nSPS) is 10.2. The SMILES string of the molecule is N#Cc1cnc2c(Br)ccc(F)c2c1N. The van der Waals surface area contributed by atoms with Gasteiger partial charge in [0.05, 0.1) is 22.2 Å². The van der Waals surface area contributed by atoms with Crippen molar-refractivity contribution in [3.05, 3.63) is 34.2 Å². The van der Waals surface area contributed by atoms with E-state index in [0.717, 1.165) is 0 Å². The smallest absolute Gasteiger partial charge is 0.134 e. The molecule has 0 aliphatic carbocycles. The highest BCUT2D eigenvalue weighted by atomic mass is 79.9. The second-order valence-corrected chi connectivity index (χ2v) is 3.80. The van der Waals surface area contributed by atoms with E-state index in [1.54, 1.807) is 6.07 Å². The highest BCUT2D eigenvalue weighted by molar-refractivity contribution is 9.10. The van der Waals surface area contributed by atoms with Gasteiger partial charge in [0.1, 0.15) is 11.9 Å². The molecule has 0 amide bonds. The van der Waals surface area contributed by atoms with Gasteiger partial charge in [-0.2, -0.15) is 5.26 Å². The summed E-state index contributed by atoms with van der Waals surface area (Å²) in [5.41, 5.74) is 6.40. The number of pyridine rings is 1. The Balaban J connectivity index is 3.00. The number of fused-ring (bicyclic) bond motifs is 1. The Morgan fingerprint density at radius 2 is 2.20 bits per heavy atom. The Morgan fingerprint density at radius 1 is 1.47 bits per heavy atom. The quantitative estimate of drug-likeness (QED) is 0.797. The first kappa shape index (κ1) is 9.87. The lowest BCUT2D eigenvalue weighted by atomic mass is 10.1. The van der Waals surface area contributed by atoms with E-state index in [2.05, 4.69) is 20.9 Å². The average molecular weight is 266 g/mol. The zero-order valence-electron chi connectivity index (χ0n) is 7.46. The van der Waals surface area contributed by atoms with Gasteiger partial charge >= 0.3 is 0 Å². The molecule has 0 spiro atoms. The first-order chi connectivity index (χ1) is 7.15. The molecule has 0 saturated carbocycles. The van der Waals surface area contributed by atoms with Crippen LogP contribution in [0.3, 0.4) is 0 Å². The zero-order valence-corrected chi connectivity index (χ0v) is 9.05. The van der Waals surface area contributed by atoms with Gasteiger partial charge in [-0.15, -0.1) is 0 Å². The number of nitrogens with zero attached hydrogens (tertiary/aromatic N) is 2. The van der Waals surface area contributed by atoms with Crippen molar-refractivity contribution in [1.29, 1.82) is 5.26 Å². The lowest BCUT2D eigenvalue weighted by Crippen LogP contribution is -1.96. The van der Waals surface area contributed by atoms with E-state index < -0.39 is 5.82 Å². The third-order valence-corrected chi connectivity index (χ3v) is 2.72. The van der Waals surface area contributed by atoms with Gasteiger partial charge < -0.3 is 5.73 Å². The number of nitrogens with two attached hydrogens (primary N) is 1. The molecule has 0 aliphatic rings. The molecule has 1 aromatic heterocycles. The summed E-state index contributed by atoms with van der Waals surface area (Å²) in [6, 6.07) is 4.70. The van der Waals surface area contributed by atoms with Crippen LogP contribution in [0.4, 0.5) is 10.1 Å². The molecular weight excluding hydrogens is 261 g/mol. The minimum atomic E-state index is -0.477. The summed E-state index contributed by atoms with van der Waals surface area (Å²) in [6.07, 6.45) is 1.34. The zero-order chi connectivity index (χ0) is 11.0. The Kier molecular flexibility index (Phi) is 2.29. The van der Waals surface area contributed by atoms with E-state index in [4.69, 9.17) is 11.0 Å². The third-order valence-electron chi connectivity index (χ3n) is 2.08. The summed E-state index contributed by atoms with van der Waals surface area (Å²) >= 11 is 3.24. The van der Waals surface area contributed by atoms with Crippen LogP contribution >= 0.6 is 15.9 Å². The summed E-state index contributed by atoms with van der Waals surface area (Å²) in [6.45, 7) is 0.